The Labute approximate surface area is 118 Å². The molecular formula is C15H21NO4. The van der Waals surface area contributed by atoms with E-state index in [2.05, 4.69) is 5.32 Å². The SMILES string of the molecule is COc1cc(OC)cc(C(=O)NCC2(O)CCCC2)c1. The zero-order valence-corrected chi connectivity index (χ0v) is 11.9. The highest BCUT2D eigenvalue weighted by Gasteiger charge is 2.31. The molecule has 0 atom stereocenters. The van der Waals surface area contributed by atoms with Crippen LogP contribution < -0.4 is 14.8 Å². The van der Waals surface area contributed by atoms with Gasteiger partial charge in [-0.2, -0.15) is 0 Å². The lowest BCUT2D eigenvalue weighted by atomic mass is 10.0. The number of rotatable bonds is 5. The summed E-state index contributed by atoms with van der Waals surface area (Å²) in [5.74, 6) is 0.894. The van der Waals surface area contributed by atoms with Crippen LogP contribution in [-0.2, 0) is 0 Å². The smallest absolute Gasteiger partial charge is 0.251 e. The number of benzene rings is 1. The Bertz CT molecular complexity index is 459. The van der Waals surface area contributed by atoms with Crippen LogP contribution in [0.25, 0.3) is 0 Å². The lowest BCUT2D eigenvalue weighted by Gasteiger charge is -2.22. The summed E-state index contributed by atoms with van der Waals surface area (Å²) in [5.41, 5.74) is -0.290. The van der Waals surface area contributed by atoms with Crippen LogP contribution in [0.4, 0.5) is 0 Å². The zero-order valence-electron chi connectivity index (χ0n) is 11.9. The topological polar surface area (TPSA) is 67.8 Å². The molecule has 1 fully saturated rings. The van der Waals surface area contributed by atoms with E-state index in [0.29, 0.717) is 17.1 Å². The molecule has 0 unspecified atom stereocenters. The number of ether oxygens (including phenoxy) is 2. The van der Waals surface area contributed by atoms with E-state index in [1.54, 1.807) is 18.2 Å². The van der Waals surface area contributed by atoms with Gasteiger partial charge in [-0.1, -0.05) is 12.8 Å². The molecule has 0 radical (unpaired) electrons. The molecule has 2 N–H and O–H groups in total. The average Bonchev–Trinajstić information content (AvgIpc) is 2.91. The first-order valence-electron chi connectivity index (χ1n) is 6.80. The Kier molecular flexibility index (Phi) is 4.49. The van der Waals surface area contributed by atoms with Gasteiger partial charge in [0.2, 0.25) is 0 Å². The van der Waals surface area contributed by atoms with Crippen molar-refractivity contribution in [1.29, 1.82) is 0 Å². The van der Waals surface area contributed by atoms with Gasteiger partial charge in [0, 0.05) is 18.2 Å². The van der Waals surface area contributed by atoms with Crippen molar-refractivity contribution in [2.24, 2.45) is 0 Å². The molecule has 20 heavy (non-hydrogen) atoms. The van der Waals surface area contributed by atoms with Crippen LogP contribution in [0, 0.1) is 0 Å². The van der Waals surface area contributed by atoms with Crippen molar-refractivity contribution in [2.75, 3.05) is 20.8 Å². The van der Waals surface area contributed by atoms with E-state index in [1.807, 2.05) is 0 Å². The number of nitrogens with one attached hydrogen (secondary N) is 1. The molecule has 110 valence electrons. The summed E-state index contributed by atoms with van der Waals surface area (Å²) in [6.07, 6.45) is 3.52. The molecule has 1 aromatic rings. The summed E-state index contributed by atoms with van der Waals surface area (Å²) < 4.78 is 10.3. The third-order valence-electron chi connectivity index (χ3n) is 3.73. The Hall–Kier alpha value is -1.75. The number of carbonyl (C=O) groups excluding carboxylic acids is 1. The molecule has 1 aliphatic rings. The Balaban J connectivity index is 2.04. The highest BCUT2D eigenvalue weighted by atomic mass is 16.5. The van der Waals surface area contributed by atoms with E-state index < -0.39 is 5.60 Å². The van der Waals surface area contributed by atoms with E-state index in [9.17, 15) is 9.90 Å². The summed E-state index contributed by atoms with van der Waals surface area (Å²) in [7, 11) is 3.08. The molecule has 0 aliphatic heterocycles. The zero-order chi connectivity index (χ0) is 14.6. The standard InChI is InChI=1S/C15H21NO4/c1-19-12-7-11(8-13(9-12)20-2)14(17)16-10-15(18)5-3-4-6-15/h7-9,18H,3-6,10H2,1-2H3,(H,16,17). The van der Waals surface area contributed by atoms with Crippen LogP contribution in [0.5, 0.6) is 11.5 Å². The first kappa shape index (κ1) is 14.7. The van der Waals surface area contributed by atoms with Crippen molar-refractivity contribution < 1.29 is 19.4 Å². The Morgan fingerprint density at radius 2 is 1.75 bits per heavy atom. The van der Waals surface area contributed by atoms with Crippen LogP contribution in [-0.4, -0.2) is 37.4 Å². The number of methoxy groups -OCH3 is 2. The summed E-state index contributed by atoms with van der Waals surface area (Å²) in [6, 6.07) is 5.01. The lowest BCUT2D eigenvalue weighted by molar-refractivity contribution is 0.0449. The summed E-state index contributed by atoms with van der Waals surface area (Å²) in [4.78, 5) is 12.1. The molecule has 5 nitrogen and oxygen atoms in total. The van der Waals surface area contributed by atoms with Gasteiger partial charge in [0.25, 0.3) is 5.91 Å². The van der Waals surface area contributed by atoms with Crippen LogP contribution in [0.1, 0.15) is 36.0 Å². The molecule has 0 spiro atoms. The summed E-state index contributed by atoms with van der Waals surface area (Å²) >= 11 is 0. The van der Waals surface area contributed by atoms with Crippen molar-refractivity contribution in [3.8, 4) is 11.5 Å². The molecule has 0 aromatic heterocycles. The second kappa shape index (κ2) is 6.13. The molecule has 1 saturated carbocycles. The van der Waals surface area contributed by atoms with Crippen molar-refractivity contribution >= 4 is 5.91 Å². The molecule has 5 heteroatoms. The minimum absolute atomic E-state index is 0.234. The molecule has 1 aliphatic carbocycles. The third kappa shape index (κ3) is 3.42. The number of amides is 1. The highest BCUT2D eigenvalue weighted by Crippen LogP contribution is 2.29. The van der Waals surface area contributed by atoms with Crippen molar-refractivity contribution in [3.63, 3.8) is 0 Å². The highest BCUT2D eigenvalue weighted by molar-refractivity contribution is 5.95. The first-order valence-corrected chi connectivity index (χ1v) is 6.80. The second-order valence-corrected chi connectivity index (χ2v) is 5.22. The monoisotopic (exact) mass is 279 g/mol. The average molecular weight is 279 g/mol. The van der Waals surface area contributed by atoms with Gasteiger partial charge in [0.1, 0.15) is 11.5 Å². The fraction of sp³-hybridized carbons (Fsp3) is 0.533. The maximum Gasteiger partial charge on any atom is 0.251 e. The quantitative estimate of drug-likeness (QED) is 0.861. The maximum absolute atomic E-state index is 12.1. The predicted octanol–water partition coefficient (Wildman–Crippen LogP) is 1.74. The van der Waals surface area contributed by atoms with Gasteiger partial charge in [-0.3, -0.25) is 4.79 Å². The molecule has 0 bridgehead atoms. The maximum atomic E-state index is 12.1. The summed E-state index contributed by atoms with van der Waals surface area (Å²) in [5, 5.41) is 13.0. The number of carbonyl (C=O) groups is 1. The number of hydrogen-bond donors (Lipinski definition) is 2. The van der Waals surface area contributed by atoms with Gasteiger partial charge in [-0.05, 0) is 25.0 Å². The van der Waals surface area contributed by atoms with Gasteiger partial charge in [-0.15, -0.1) is 0 Å². The minimum Gasteiger partial charge on any atom is -0.497 e. The van der Waals surface area contributed by atoms with Crippen molar-refractivity contribution in [1.82, 2.24) is 5.32 Å². The van der Waals surface area contributed by atoms with E-state index >= 15 is 0 Å². The molecular weight excluding hydrogens is 258 g/mol. The van der Waals surface area contributed by atoms with Crippen molar-refractivity contribution in [3.05, 3.63) is 23.8 Å². The van der Waals surface area contributed by atoms with Gasteiger partial charge in [-0.25, -0.2) is 0 Å². The number of aliphatic hydroxyl groups is 1. The normalized spacial score (nSPS) is 16.8. The largest absolute Gasteiger partial charge is 0.497 e. The fourth-order valence-electron chi connectivity index (χ4n) is 2.50. The fourth-order valence-corrected chi connectivity index (χ4v) is 2.50. The van der Waals surface area contributed by atoms with Crippen LogP contribution >= 0.6 is 0 Å². The Morgan fingerprint density at radius 1 is 1.20 bits per heavy atom. The predicted molar refractivity (Wildman–Crippen MR) is 75.3 cm³/mol. The van der Waals surface area contributed by atoms with E-state index in [0.717, 1.165) is 25.7 Å². The molecule has 0 heterocycles. The molecule has 1 aromatic carbocycles. The van der Waals surface area contributed by atoms with Gasteiger partial charge in [0.15, 0.2) is 0 Å². The lowest BCUT2D eigenvalue weighted by Crippen LogP contribution is -2.40. The third-order valence-corrected chi connectivity index (χ3v) is 3.73. The van der Waals surface area contributed by atoms with Gasteiger partial charge < -0.3 is 19.9 Å². The van der Waals surface area contributed by atoms with Gasteiger partial charge >= 0.3 is 0 Å². The Morgan fingerprint density at radius 3 is 2.25 bits per heavy atom. The van der Waals surface area contributed by atoms with Crippen LogP contribution in [0.3, 0.4) is 0 Å². The van der Waals surface area contributed by atoms with Crippen LogP contribution in [0.2, 0.25) is 0 Å². The molecule has 2 rings (SSSR count). The van der Waals surface area contributed by atoms with Crippen molar-refractivity contribution in [2.45, 2.75) is 31.3 Å². The minimum atomic E-state index is -0.751. The van der Waals surface area contributed by atoms with E-state index in [4.69, 9.17) is 9.47 Å². The molecule has 1 amide bonds. The van der Waals surface area contributed by atoms with Gasteiger partial charge in [0.05, 0.1) is 19.8 Å². The number of hydrogen-bond acceptors (Lipinski definition) is 4. The van der Waals surface area contributed by atoms with E-state index in [-0.39, 0.29) is 12.5 Å². The molecule has 0 saturated heterocycles. The van der Waals surface area contributed by atoms with E-state index in [1.165, 1.54) is 14.2 Å². The summed E-state index contributed by atoms with van der Waals surface area (Å²) in [6.45, 7) is 0.283. The second-order valence-electron chi connectivity index (χ2n) is 5.22. The van der Waals surface area contributed by atoms with Crippen LogP contribution in [0.15, 0.2) is 18.2 Å². The first-order chi connectivity index (χ1) is 9.56.